The molecule has 3 rings (SSSR count). The summed E-state index contributed by atoms with van der Waals surface area (Å²) in [4.78, 5) is 0. The fourth-order valence-corrected chi connectivity index (χ4v) is 3.22. The zero-order valence-electron chi connectivity index (χ0n) is 15.1. The highest BCUT2D eigenvalue weighted by Crippen LogP contribution is 2.30. The Morgan fingerprint density at radius 3 is 2.31 bits per heavy atom. The molecular weight excluding hydrogens is 338 g/mol. The number of ether oxygens (including phenoxy) is 3. The number of halogens is 2. The van der Waals surface area contributed by atoms with Crippen LogP contribution in [0.2, 0.25) is 0 Å². The molecule has 2 unspecified atom stereocenters. The van der Waals surface area contributed by atoms with Gasteiger partial charge in [0.2, 0.25) is 11.6 Å². The lowest BCUT2D eigenvalue weighted by atomic mass is 9.90. The average molecular weight is 362 g/mol. The Labute approximate surface area is 152 Å². The molecule has 1 aliphatic rings. The number of hydrogen-bond donors (Lipinski definition) is 0. The van der Waals surface area contributed by atoms with Crippen molar-refractivity contribution in [2.24, 2.45) is 0 Å². The fraction of sp³-hybridized carbons (Fsp3) is 0.429. The standard InChI is InChI=1S/C21H24F2O3/c1-3-17-9-8-16(13-25-17)15-6-4-14(5-7-15)12-26-19-11-10-18(24-2)20(22)21(19)23/h4-7,10-11,16-17H,3,8-9,12-13H2,1-2H3. The van der Waals surface area contributed by atoms with Gasteiger partial charge in [0.05, 0.1) is 19.8 Å². The summed E-state index contributed by atoms with van der Waals surface area (Å²) >= 11 is 0. The van der Waals surface area contributed by atoms with E-state index in [1.807, 2.05) is 12.1 Å². The van der Waals surface area contributed by atoms with Crippen LogP contribution in [0.1, 0.15) is 43.2 Å². The third-order valence-electron chi connectivity index (χ3n) is 4.90. The second-order valence-corrected chi connectivity index (χ2v) is 6.56. The van der Waals surface area contributed by atoms with Gasteiger partial charge in [-0.25, -0.2) is 0 Å². The lowest BCUT2D eigenvalue weighted by Crippen LogP contribution is -2.24. The van der Waals surface area contributed by atoms with E-state index in [9.17, 15) is 8.78 Å². The van der Waals surface area contributed by atoms with E-state index in [1.165, 1.54) is 24.8 Å². The number of methoxy groups -OCH3 is 1. The van der Waals surface area contributed by atoms with Gasteiger partial charge in [-0.3, -0.25) is 0 Å². The predicted octanol–water partition coefficient (Wildman–Crippen LogP) is 5.23. The van der Waals surface area contributed by atoms with Gasteiger partial charge in [0, 0.05) is 5.92 Å². The smallest absolute Gasteiger partial charge is 0.204 e. The summed E-state index contributed by atoms with van der Waals surface area (Å²) in [6.07, 6.45) is 3.67. The zero-order chi connectivity index (χ0) is 18.5. The minimum Gasteiger partial charge on any atom is -0.494 e. The molecule has 0 aliphatic carbocycles. The Hall–Kier alpha value is -2.14. The summed E-state index contributed by atoms with van der Waals surface area (Å²) in [6, 6.07) is 10.8. The summed E-state index contributed by atoms with van der Waals surface area (Å²) in [7, 11) is 1.29. The number of rotatable bonds is 6. The monoisotopic (exact) mass is 362 g/mol. The van der Waals surface area contributed by atoms with Crippen molar-refractivity contribution in [3.8, 4) is 11.5 Å². The highest BCUT2D eigenvalue weighted by atomic mass is 19.2. The van der Waals surface area contributed by atoms with Crippen LogP contribution in [0.25, 0.3) is 0 Å². The van der Waals surface area contributed by atoms with E-state index in [2.05, 4.69) is 19.1 Å². The lowest BCUT2D eigenvalue weighted by molar-refractivity contribution is 0.00203. The summed E-state index contributed by atoms with van der Waals surface area (Å²) < 4.78 is 43.7. The van der Waals surface area contributed by atoms with Crippen molar-refractivity contribution in [3.63, 3.8) is 0 Å². The van der Waals surface area contributed by atoms with Gasteiger partial charge in [-0.1, -0.05) is 31.2 Å². The maximum atomic E-state index is 13.9. The molecule has 2 aromatic carbocycles. The molecule has 5 heteroatoms. The van der Waals surface area contributed by atoms with E-state index >= 15 is 0 Å². The normalized spacial score (nSPS) is 20.0. The fourth-order valence-electron chi connectivity index (χ4n) is 3.22. The van der Waals surface area contributed by atoms with Crippen molar-refractivity contribution >= 4 is 0 Å². The summed E-state index contributed by atoms with van der Waals surface area (Å²) in [6.45, 7) is 3.07. The molecule has 1 fully saturated rings. The summed E-state index contributed by atoms with van der Waals surface area (Å²) in [5.41, 5.74) is 2.14. The highest BCUT2D eigenvalue weighted by Gasteiger charge is 2.21. The third kappa shape index (κ3) is 4.15. The molecule has 0 amide bonds. The molecule has 0 saturated carbocycles. The zero-order valence-corrected chi connectivity index (χ0v) is 15.1. The molecule has 0 spiro atoms. The van der Waals surface area contributed by atoms with Crippen LogP contribution in [0, 0.1) is 11.6 Å². The van der Waals surface area contributed by atoms with Crippen molar-refractivity contribution < 1.29 is 23.0 Å². The second kappa shape index (κ2) is 8.49. The molecule has 1 heterocycles. The first-order chi connectivity index (χ1) is 12.6. The molecule has 1 aliphatic heterocycles. The second-order valence-electron chi connectivity index (χ2n) is 6.56. The summed E-state index contributed by atoms with van der Waals surface area (Å²) in [5.74, 6) is -1.92. The maximum Gasteiger partial charge on any atom is 0.204 e. The Balaban J connectivity index is 1.59. The first-order valence-electron chi connectivity index (χ1n) is 8.97. The first kappa shape index (κ1) is 18.6. The van der Waals surface area contributed by atoms with Gasteiger partial charge in [0.1, 0.15) is 6.61 Å². The Morgan fingerprint density at radius 2 is 1.69 bits per heavy atom. The Kier molecular flexibility index (Phi) is 6.09. The van der Waals surface area contributed by atoms with E-state index in [4.69, 9.17) is 14.2 Å². The van der Waals surface area contributed by atoms with Crippen LogP contribution in [0.5, 0.6) is 11.5 Å². The van der Waals surface area contributed by atoms with Gasteiger partial charge < -0.3 is 14.2 Å². The van der Waals surface area contributed by atoms with Crippen LogP contribution in [0.3, 0.4) is 0 Å². The molecule has 3 nitrogen and oxygen atoms in total. The molecule has 0 bridgehead atoms. The highest BCUT2D eigenvalue weighted by molar-refractivity contribution is 5.35. The van der Waals surface area contributed by atoms with Crippen LogP contribution in [0.15, 0.2) is 36.4 Å². The molecule has 2 atom stereocenters. The lowest BCUT2D eigenvalue weighted by Gasteiger charge is -2.28. The molecule has 1 saturated heterocycles. The van der Waals surface area contributed by atoms with Gasteiger partial charge in [-0.15, -0.1) is 0 Å². The minimum absolute atomic E-state index is 0.126. The van der Waals surface area contributed by atoms with Gasteiger partial charge >= 0.3 is 0 Å². The molecule has 0 N–H and O–H groups in total. The third-order valence-corrected chi connectivity index (χ3v) is 4.90. The predicted molar refractivity (Wildman–Crippen MR) is 95.7 cm³/mol. The average Bonchev–Trinajstić information content (AvgIpc) is 2.70. The molecular formula is C21H24F2O3. The molecule has 0 radical (unpaired) electrons. The van der Waals surface area contributed by atoms with E-state index in [-0.39, 0.29) is 18.1 Å². The van der Waals surface area contributed by atoms with Gasteiger partial charge in [0.15, 0.2) is 11.5 Å². The molecule has 0 aromatic heterocycles. The van der Waals surface area contributed by atoms with E-state index in [0.29, 0.717) is 12.0 Å². The Bertz CT molecular complexity index is 723. The van der Waals surface area contributed by atoms with E-state index in [1.54, 1.807) is 0 Å². The first-order valence-corrected chi connectivity index (χ1v) is 8.97. The SMILES string of the molecule is CCC1CCC(c2ccc(COc3ccc(OC)c(F)c3F)cc2)CO1. The maximum absolute atomic E-state index is 13.9. The van der Waals surface area contributed by atoms with Crippen LogP contribution in [-0.2, 0) is 11.3 Å². The molecule has 26 heavy (non-hydrogen) atoms. The van der Waals surface area contributed by atoms with Crippen molar-refractivity contribution in [2.75, 3.05) is 13.7 Å². The van der Waals surface area contributed by atoms with Gasteiger partial charge in [-0.05, 0) is 42.5 Å². The van der Waals surface area contributed by atoms with Crippen molar-refractivity contribution in [1.29, 1.82) is 0 Å². The molecule has 2 aromatic rings. The van der Waals surface area contributed by atoms with Crippen LogP contribution in [-0.4, -0.2) is 19.8 Å². The van der Waals surface area contributed by atoms with Crippen LogP contribution < -0.4 is 9.47 Å². The van der Waals surface area contributed by atoms with Crippen molar-refractivity contribution in [1.82, 2.24) is 0 Å². The van der Waals surface area contributed by atoms with Gasteiger partial charge in [-0.2, -0.15) is 8.78 Å². The Morgan fingerprint density at radius 1 is 1.00 bits per heavy atom. The van der Waals surface area contributed by atoms with Crippen molar-refractivity contribution in [3.05, 3.63) is 59.2 Å². The largest absolute Gasteiger partial charge is 0.494 e. The topological polar surface area (TPSA) is 27.7 Å². The van der Waals surface area contributed by atoms with Crippen molar-refractivity contribution in [2.45, 2.75) is 44.8 Å². The quantitative estimate of drug-likeness (QED) is 0.705. The molecule has 140 valence electrons. The minimum atomic E-state index is -1.04. The van der Waals surface area contributed by atoms with Crippen LogP contribution >= 0.6 is 0 Å². The van der Waals surface area contributed by atoms with E-state index < -0.39 is 11.6 Å². The van der Waals surface area contributed by atoms with E-state index in [0.717, 1.165) is 31.4 Å². The number of hydrogen-bond acceptors (Lipinski definition) is 3. The summed E-state index contributed by atoms with van der Waals surface area (Å²) in [5, 5.41) is 0. The van der Waals surface area contributed by atoms with Gasteiger partial charge in [0.25, 0.3) is 0 Å². The number of benzene rings is 2. The van der Waals surface area contributed by atoms with Crippen LogP contribution in [0.4, 0.5) is 8.78 Å².